The van der Waals surface area contributed by atoms with Crippen LogP contribution in [0.1, 0.15) is 41.5 Å². The molecule has 0 spiro atoms. The van der Waals surface area contributed by atoms with Crippen molar-refractivity contribution >= 4 is 6.16 Å². The van der Waals surface area contributed by atoms with Crippen LogP contribution in [0.5, 0.6) is 0 Å². The first-order valence-electron chi connectivity index (χ1n) is 6.87. The van der Waals surface area contributed by atoms with Crippen molar-refractivity contribution in [1.29, 1.82) is 0 Å². The maximum absolute atomic E-state index is 11.6. The average molecular weight is 286 g/mol. The Morgan fingerprint density at radius 2 is 1.80 bits per heavy atom. The van der Waals surface area contributed by atoms with Gasteiger partial charge in [0.05, 0.1) is 13.2 Å². The van der Waals surface area contributed by atoms with Crippen LogP contribution in [-0.2, 0) is 18.9 Å². The minimum atomic E-state index is -0.690. The molecule has 0 aromatic carbocycles. The summed E-state index contributed by atoms with van der Waals surface area (Å²) in [5.41, 5.74) is -0.706. The van der Waals surface area contributed by atoms with E-state index >= 15 is 0 Å². The van der Waals surface area contributed by atoms with Gasteiger partial charge >= 0.3 is 6.16 Å². The summed E-state index contributed by atoms with van der Waals surface area (Å²) < 4.78 is 21.6. The highest BCUT2D eigenvalue weighted by atomic mass is 16.7. The summed E-state index contributed by atoms with van der Waals surface area (Å²) >= 11 is 0. The molecule has 0 N–H and O–H groups in total. The molecule has 0 saturated carbocycles. The van der Waals surface area contributed by atoms with Crippen LogP contribution in [0.15, 0.2) is 12.2 Å². The van der Waals surface area contributed by atoms with Crippen LogP contribution >= 0.6 is 0 Å². The van der Waals surface area contributed by atoms with Crippen molar-refractivity contribution in [2.45, 2.75) is 59.5 Å². The van der Waals surface area contributed by atoms with Crippen molar-refractivity contribution in [3.63, 3.8) is 0 Å². The highest BCUT2D eigenvalue weighted by Crippen LogP contribution is 2.24. The summed E-state index contributed by atoms with van der Waals surface area (Å²) in [6.45, 7) is 12.2. The van der Waals surface area contributed by atoms with Crippen molar-refractivity contribution in [2.75, 3.05) is 13.2 Å². The molecule has 20 heavy (non-hydrogen) atoms. The van der Waals surface area contributed by atoms with Gasteiger partial charge in [-0.3, -0.25) is 0 Å². The first kappa shape index (κ1) is 17.0. The predicted octanol–water partition coefficient (Wildman–Crippen LogP) is 3.28. The smallest absolute Gasteiger partial charge is 0.429 e. The Hall–Kier alpha value is -1.07. The Morgan fingerprint density at radius 3 is 2.35 bits per heavy atom. The quantitative estimate of drug-likeness (QED) is 0.547. The van der Waals surface area contributed by atoms with E-state index in [9.17, 15) is 4.79 Å². The average Bonchev–Trinajstić information content (AvgIpc) is 2.17. The minimum Gasteiger partial charge on any atom is -0.429 e. The summed E-state index contributed by atoms with van der Waals surface area (Å²) in [6, 6.07) is 0. The Bertz CT molecular complexity index is 348. The molecule has 5 heteroatoms. The monoisotopic (exact) mass is 286 g/mol. The Morgan fingerprint density at radius 1 is 1.15 bits per heavy atom. The van der Waals surface area contributed by atoms with E-state index in [4.69, 9.17) is 18.9 Å². The molecule has 0 saturated heterocycles. The molecule has 116 valence electrons. The molecule has 1 unspecified atom stereocenters. The third kappa shape index (κ3) is 6.39. The van der Waals surface area contributed by atoms with Crippen LogP contribution < -0.4 is 0 Å². The zero-order chi connectivity index (χ0) is 15.4. The van der Waals surface area contributed by atoms with Crippen LogP contribution in [0, 0.1) is 5.41 Å². The topological polar surface area (TPSA) is 54.0 Å². The van der Waals surface area contributed by atoms with Gasteiger partial charge in [0.25, 0.3) is 0 Å². The molecular weight excluding hydrogens is 260 g/mol. The molecular formula is C15H26O5. The fraction of sp³-hybridized carbons (Fsp3) is 0.800. The molecule has 1 aliphatic rings. The zero-order valence-corrected chi connectivity index (χ0v) is 13.3. The SMILES string of the molecule is CC(C)(C)OC(=O)OC1/C=C/CO[C@H](C(C)(C)C)OC1. The predicted molar refractivity (Wildman–Crippen MR) is 75.4 cm³/mol. The lowest BCUT2D eigenvalue weighted by molar-refractivity contribution is -0.200. The zero-order valence-electron chi connectivity index (χ0n) is 13.3. The highest BCUT2D eigenvalue weighted by Gasteiger charge is 2.29. The highest BCUT2D eigenvalue weighted by molar-refractivity contribution is 5.61. The molecule has 5 nitrogen and oxygen atoms in total. The van der Waals surface area contributed by atoms with Gasteiger partial charge in [0.15, 0.2) is 6.29 Å². The van der Waals surface area contributed by atoms with Gasteiger partial charge in [-0.05, 0) is 26.8 Å². The third-order valence-electron chi connectivity index (χ3n) is 2.45. The lowest BCUT2D eigenvalue weighted by Gasteiger charge is -2.32. The maximum atomic E-state index is 11.6. The number of ether oxygens (including phenoxy) is 4. The van der Waals surface area contributed by atoms with Crippen molar-refractivity contribution in [3.05, 3.63) is 12.2 Å². The second-order valence-corrected chi connectivity index (χ2v) is 6.91. The van der Waals surface area contributed by atoms with Crippen LogP contribution in [-0.4, -0.2) is 37.4 Å². The summed E-state index contributed by atoms with van der Waals surface area (Å²) in [7, 11) is 0. The van der Waals surface area contributed by atoms with Gasteiger partial charge in [0.2, 0.25) is 0 Å². The molecule has 1 heterocycles. The summed E-state index contributed by atoms with van der Waals surface area (Å²) in [5, 5.41) is 0. The first-order valence-corrected chi connectivity index (χ1v) is 6.87. The van der Waals surface area contributed by atoms with Gasteiger partial charge in [0.1, 0.15) is 11.7 Å². The molecule has 2 atom stereocenters. The van der Waals surface area contributed by atoms with E-state index in [2.05, 4.69) is 0 Å². The van der Waals surface area contributed by atoms with E-state index in [0.29, 0.717) is 6.61 Å². The van der Waals surface area contributed by atoms with Gasteiger partial charge in [-0.1, -0.05) is 26.8 Å². The fourth-order valence-electron chi connectivity index (χ4n) is 1.61. The largest absolute Gasteiger partial charge is 0.509 e. The van der Waals surface area contributed by atoms with E-state index in [1.165, 1.54) is 0 Å². The maximum Gasteiger partial charge on any atom is 0.509 e. The first-order chi connectivity index (χ1) is 9.08. The lowest BCUT2D eigenvalue weighted by atomic mass is 9.96. The van der Waals surface area contributed by atoms with E-state index < -0.39 is 17.9 Å². The molecule has 0 aromatic heterocycles. The molecule has 0 aromatic rings. The molecule has 1 aliphatic heterocycles. The molecule has 0 amide bonds. The molecule has 0 bridgehead atoms. The van der Waals surface area contributed by atoms with Gasteiger partial charge < -0.3 is 18.9 Å². The van der Waals surface area contributed by atoms with E-state index in [1.54, 1.807) is 26.8 Å². The number of carbonyl (C=O) groups is 1. The Kier molecular flexibility index (Phi) is 5.59. The van der Waals surface area contributed by atoms with Gasteiger partial charge in [-0.25, -0.2) is 4.79 Å². The van der Waals surface area contributed by atoms with Crippen LogP contribution in [0.3, 0.4) is 0 Å². The number of carbonyl (C=O) groups excluding carboxylic acids is 1. The molecule has 1 rings (SSSR count). The summed E-state index contributed by atoms with van der Waals surface area (Å²) in [6.07, 6.45) is 2.10. The normalized spacial score (nSPS) is 26.3. The standard InChI is InChI=1S/C15H26O5/c1-14(2,3)12-17-9-7-8-11(10-18-12)19-13(16)20-15(4,5)6/h7-8,11-12H,9-10H2,1-6H3/b8-7+/t11?,12-/m0/s1. The van der Waals surface area contributed by atoms with Gasteiger partial charge in [0, 0.05) is 5.41 Å². The van der Waals surface area contributed by atoms with E-state index in [-0.39, 0.29) is 18.3 Å². The minimum absolute atomic E-state index is 0.137. The summed E-state index contributed by atoms with van der Waals surface area (Å²) in [5.74, 6) is 0. The van der Waals surface area contributed by atoms with Crippen LogP contribution in [0.25, 0.3) is 0 Å². The fourth-order valence-corrected chi connectivity index (χ4v) is 1.61. The van der Waals surface area contributed by atoms with Gasteiger partial charge in [-0.15, -0.1) is 0 Å². The van der Waals surface area contributed by atoms with Gasteiger partial charge in [-0.2, -0.15) is 0 Å². The number of hydrogen-bond acceptors (Lipinski definition) is 5. The van der Waals surface area contributed by atoms with Crippen LogP contribution in [0.4, 0.5) is 4.79 Å². The second kappa shape index (κ2) is 6.59. The Balaban J connectivity index is 2.55. The molecule has 0 fully saturated rings. The number of hydrogen-bond donors (Lipinski definition) is 0. The van der Waals surface area contributed by atoms with E-state index in [0.717, 1.165) is 0 Å². The Labute approximate surface area is 121 Å². The molecule has 0 radical (unpaired) electrons. The second-order valence-electron chi connectivity index (χ2n) is 6.91. The van der Waals surface area contributed by atoms with Crippen molar-refractivity contribution in [2.24, 2.45) is 5.41 Å². The molecule has 0 aliphatic carbocycles. The summed E-state index contributed by atoms with van der Waals surface area (Å²) in [4.78, 5) is 11.6. The number of rotatable bonds is 1. The van der Waals surface area contributed by atoms with Crippen molar-refractivity contribution in [1.82, 2.24) is 0 Å². The van der Waals surface area contributed by atoms with E-state index in [1.807, 2.05) is 26.8 Å². The van der Waals surface area contributed by atoms with Crippen molar-refractivity contribution < 1.29 is 23.7 Å². The van der Waals surface area contributed by atoms with Crippen molar-refractivity contribution in [3.8, 4) is 0 Å². The lowest BCUT2D eigenvalue weighted by Crippen LogP contribution is -2.37. The van der Waals surface area contributed by atoms with Crippen LogP contribution in [0.2, 0.25) is 0 Å². The third-order valence-corrected chi connectivity index (χ3v) is 2.45.